The Bertz CT molecular complexity index is 982. The molecular formula is C21H19N3O. The molecule has 4 rings (SSSR count). The van der Waals surface area contributed by atoms with Gasteiger partial charge >= 0.3 is 0 Å². The number of H-pyrrole nitrogens is 1. The lowest BCUT2D eigenvalue weighted by molar-refractivity contribution is 0.454. The van der Waals surface area contributed by atoms with E-state index in [-0.39, 0.29) is 5.88 Å². The fraction of sp³-hybridized carbons (Fsp3) is 0.143. The van der Waals surface area contributed by atoms with Crippen LogP contribution in [0.3, 0.4) is 0 Å². The molecule has 0 saturated heterocycles. The van der Waals surface area contributed by atoms with Crippen molar-refractivity contribution in [1.82, 2.24) is 9.97 Å². The van der Waals surface area contributed by atoms with E-state index in [0.29, 0.717) is 5.69 Å². The van der Waals surface area contributed by atoms with Crippen LogP contribution in [0.2, 0.25) is 0 Å². The lowest BCUT2D eigenvalue weighted by Gasteiger charge is -2.00. The Balaban J connectivity index is 1.53. The number of aliphatic imine (C=N–C) groups is 1. The number of aromatic nitrogens is 2. The van der Waals surface area contributed by atoms with E-state index >= 15 is 0 Å². The number of fused-ring (bicyclic) bond motifs is 1. The van der Waals surface area contributed by atoms with E-state index < -0.39 is 0 Å². The number of rotatable bonds is 4. The normalized spacial score (nSPS) is 14.2. The Kier molecular flexibility index (Phi) is 3.94. The van der Waals surface area contributed by atoms with Crippen LogP contribution in [-0.4, -0.2) is 21.3 Å². The summed E-state index contributed by atoms with van der Waals surface area (Å²) in [6.45, 7) is 2.09. The molecule has 0 atom stereocenters. The monoisotopic (exact) mass is 329 g/mol. The van der Waals surface area contributed by atoms with Crippen LogP contribution in [0.5, 0.6) is 5.88 Å². The van der Waals surface area contributed by atoms with Crippen molar-refractivity contribution in [2.75, 3.05) is 0 Å². The number of benzene rings is 2. The highest BCUT2D eigenvalue weighted by molar-refractivity contribution is 6.21. The van der Waals surface area contributed by atoms with Gasteiger partial charge in [0.2, 0.25) is 5.88 Å². The second-order valence-electron chi connectivity index (χ2n) is 6.28. The lowest BCUT2D eigenvalue weighted by Crippen LogP contribution is -1.94. The molecule has 1 aliphatic rings. The molecule has 0 fully saturated rings. The van der Waals surface area contributed by atoms with E-state index in [1.54, 1.807) is 0 Å². The summed E-state index contributed by atoms with van der Waals surface area (Å²) in [5, 5.41) is 10.1. The summed E-state index contributed by atoms with van der Waals surface area (Å²) in [5.41, 5.74) is 6.14. The zero-order valence-corrected chi connectivity index (χ0v) is 14.0. The van der Waals surface area contributed by atoms with E-state index in [4.69, 9.17) is 0 Å². The number of allylic oxidation sites excluding steroid dienone is 1. The largest absolute Gasteiger partial charge is 0.492 e. The van der Waals surface area contributed by atoms with Gasteiger partial charge < -0.3 is 10.1 Å². The predicted octanol–water partition coefficient (Wildman–Crippen LogP) is 4.47. The van der Waals surface area contributed by atoms with Crippen LogP contribution in [0, 0.1) is 6.92 Å². The van der Waals surface area contributed by atoms with Gasteiger partial charge in [0.25, 0.3) is 0 Å². The summed E-state index contributed by atoms with van der Waals surface area (Å²) >= 11 is 0. The number of hydrogen-bond acceptors (Lipinski definition) is 3. The minimum atomic E-state index is 0.0320. The van der Waals surface area contributed by atoms with Crippen molar-refractivity contribution in [3.8, 4) is 5.88 Å². The molecule has 2 N–H and O–H groups in total. The molecule has 4 heteroatoms. The van der Waals surface area contributed by atoms with Crippen molar-refractivity contribution in [3.63, 3.8) is 0 Å². The van der Waals surface area contributed by atoms with Crippen molar-refractivity contribution >= 4 is 23.6 Å². The van der Waals surface area contributed by atoms with Gasteiger partial charge in [-0.25, -0.2) is 0 Å². The number of aromatic hydroxyl groups is 1. The smallest absolute Gasteiger partial charge is 0.237 e. The first kappa shape index (κ1) is 15.4. The molecule has 4 nitrogen and oxygen atoms in total. The molecule has 3 aromatic rings. The van der Waals surface area contributed by atoms with Crippen LogP contribution in [0.4, 0.5) is 5.69 Å². The highest BCUT2D eigenvalue weighted by Crippen LogP contribution is 2.33. The molecule has 0 amide bonds. The maximum Gasteiger partial charge on any atom is 0.237 e. The predicted molar refractivity (Wildman–Crippen MR) is 101 cm³/mol. The molecule has 2 heterocycles. The van der Waals surface area contributed by atoms with Crippen molar-refractivity contribution in [1.29, 1.82) is 0 Å². The van der Waals surface area contributed by atoms with Gasteiger partial charge in [0, 0.05) is 23.8 Å². The molecule has 0 spiro atoms. The van der Waals surface area contributed by atoms with Gasteiger partial charge in [0.15, 0.2) is 0 Å². The molecule has 0 aliphatic carbocycles. The van der Waals surface area contributed by atoms with E-state index in [1.165, 1.54) is 11.1 Å². The molecule has 1 aromatic heterocycles. The Morgan fingerprint density at radius 2 is 1.96 bits per heavy atom. The zero-order valence-electron chi connectivity index (χ0n) is 14.0. The fourth-order valence-electron chi connectivity index (χ4n) is 3.09. The average Bonchev–Trinajstić information content (AvgIpc) is 3.18. The van der Waals surface area contributed by atoms with E-state index in [0.717, 1.165) is 35.5 Å². The second kappa shape index (κ2) is 6.40. The van der Waals surface area contributed by atoms with Crippen molar-refractivity contribution < 1.29 is 5.11 Å². The molecule has 2 aromatic carbocycles. The highest BCUT2D eigenvalue weighted by Gasteiger charge is 2.14. The Morgan fingerprint density at radius 3 is 2.84 bits per heavy atom. The topological polar surface area (TPSA) is 61.3 Å². The molecule has 0 saturated carbocycles. The van der Waals surface area contributed by atoms with Crippen LogP contribution >= 0.6 is 0 Å². The summed E-state index contributed by atoms with van der Waals surface area (Å²) in [7, 11) is 0. The van der Waals surface area contributed by atoms with Crippen molar-refractivity contribution in [2.45, 2.75) is 19.8 Å². The molecule has 25 heavy (non-hydrogen) atoms. The first-order valence-electron chi connectivity index (χ1n) is 8.37. The minimum absolute atomic E-state index is 0.0320. The summed E-state index contributed by atoms with van der Waals surface area (Å²) < 4.78 is 0. The number of nitrogens with one attached hydrogen (secondary N) is 1. The number of aromatic amines is 1. The van der Waals surface area contributed by atoms with E-state index in [9.17, 15) is 5.11 Å². The first-order valence-corrected chi connectivity index (χ1v) is 8.37. The standard InChI is InChI=1S/C21H19N3O/c1-14-5-4-6-15(11-14)9-10-20-23-19(21(25)24-20)12-16-13-22-18-8-3-2-7-17(16)18/h2-8,11-13,25H,9-10H2,1H3,(H,23,24)/b16-12+. The maximum absolute atomic E-state index is 10.1. The Hall–Kier alpha value is -3.14. The minimum Gasteiger partial charge on any atom is -0.492 e. The SMILES string of the molecule is Cc1cccc(CCc2nc(O)c(/C=C3\C=Nc4ccccc43)[nH]2)c1. The molecule has 1 aliphatic heterocycles. The zero-order chi connectivity index (χ0) is 17.2. The number of para-hydroxylation sites is 1. The van der Waals surface area contributed by atoms with Crippen LogP contribution in [-0.2, 0) is 12.8 Å². The van der Waals surface area contributed by atoms with Crippen molar-refractivity contribution in [2.24, 2.45) is 4.99 Å². The van der Waals surface area contributed by atoms with Gasteiger partial charge in [-0.3, -0.25) is 4.99 Å². The van der Waals surface area contributed by atoms with Crippen LogP contribution in [0.1, 0.15) is 28.2 Å². The number of nitrogens with zero attached hydrogens (tertiary/aromatic N) is 2. The van der Waals surface area contributed by atoms with Gasteiger partial charge in [-0.15, -0.1) is 0 Å². The lowest BCUT2D eigenvalue weighted by atomic mass is 10.1. The van der Waals surface area contributed by atoms with E-state index in [2.05, 4.69) is 46.1 Å². The quantitative estimate of drug-likeness (QED) is 0.742. The molecule has 0 bridgehead atoms. The summed E-state index contributed by atoms with van der Waals surface area (Å²) in [4.78, 5) is 11.9. The maximum atomic E-state index is 10.1. The third-order valence-electron chi connectivity index (χ3n) is 4.35. The van der Waals surface area contributed by atoms with Gasteiger partial charge in [-0.05, 0) is 31.1 Å². The second-order valence-corrected chi connectivity index (χ2v) is 6.28. The third-order valence-corrected chi connectivity index (χ3v) is 4.35. The Morgan fingerprint density at radius 1 is 1.08 bits per heavy atom. The number of aryl methyl sites for hydroxylation is 3. The van der Waals surface area contributed by atoms with Crippen LogP contribution in [0.25, 0.3) is 11.6 Å². The average molecular weight is 329 g/mol. The van der Waals surface area contributed by atoms with Gasteiger partial charge in [0.1, 0.15) is 11.5 Å². The molecule has 0 unspecified atom stereocenters. The number of hydrogen-bond donors (Lipinski definition) is 2. The molecule has 124 valence electrons. The highest BCUT2D eigenvalue weighted by atomic mass is 16.3. The summed E-state index contributed by atoms with van der Waals surface area (Å²) in [5.74, 6) is 0.818. The van der Waals surface area contributed by atoms with Crippen molar-refractivity contribution in [3.05, 3.63) is 76.7 Å². The molecular weight excluding hydrogens is 310 g/mol. The summed E-state index contributed by atoms with van der Waals surface area (Å²) in [6.07, 6.45) is 5.35. The summed E-state index contributed by atoms with van der Waals surface area (Å²) in [6, 6.07) is 16.4. The van der Waals surface area contributed by atoms with Gasteiger partial charge in [0.05, 0.1) is 5.69 Å². The van der Waals surface area contributed by atoms with Crippen LogP contribution in [0.15, 0.2) is 53.5 Å². The Labute approximate surface area is 146 Å². The first-order chi connectivity index (χ1) is 12.2. The van der Waals surface area contributed by atoms with Crippen LogP contribution < -0.4 is 0 Å². The number of imidazole rings is 1. The third kappa shape index (κ3) is 3.24. The van der Waals surface area contributed by atoms with E-state index in [1.807, 2.05) is 36.6 Å². The van der Waals surface area contributed by atoms with Gasteiger partial charge in [-0.2, -0.15) is 4.98 Å². The van der Waals surface area contributed by atoms with Gasteiger partial charge in [-0.1, -0.05) is 48.0 Å². The molecule has 0 radical (unpaired) electrons. The fourth-order valence-corrected chi connectivity index (χ4v) is 3.09.